The molecule has 0 aliphatic carbocycles. The highest BCUT2D eigenvalue weighted by Crippen LogP contribution is 1.87. The van der Waals surface area contributed by atoms with E-state index in [0.29, 0.717) is 13.0 Å². The second-order valence-corrected chi connectivity index (χ2v) is 4.05. The van der Waals surface area contributed by atoms with E-state index in [4.69, 9.17) is 4.74 Å². The van der Waals surface area contributed by atoms with Crippen LogP contribution in [0.25, 0.3) is 0 Å². The topological polar surface area (TPSA) is 32.8 Å². The van der Waals surface area contributed by atoms with Crippen molar-refractivity contribution in [1.29, 1.82) is 0 Å². The summed E-state index contributed by atoms with van der Waals surface area (Å²) in [6, 6.07) is 0. The smallest absolute Gasteiger partial charge is 0.158 e. The van der Waals surface area contributed by atoms with Crippen molar-refractivity contribution in [2.75, 3.05) is 54.0 Å². The summed E-state index contributed by atoms with van der Waals surface area (Å²) in [5.41, 5.74) is 0. The van der Waals surface area contributed by atoms with E-state index in [1.54, 1.807) is 0 Å². The fourth-order valence-electron chi connectivity index (χ4n) is 0.991. The van der Waals surface area contributed by atoms with E-state index in [-0.39, 0.29) is 12.4 Å². The first-order valence-corrected chi connectivity index (χ1v) is 5.49. The van der Waals surface area contributed by atoms with Crippen LogP contribution in [0.5, 0.6) is 0 Å². The van der Waals surface area contributed by atoms with Crippen LogP contribution in [-0.2, 0) is 9.53 Å². The first-order chi connectivity index (χ1) is 7.06. The van der Waals surface area contributed by atoms with E-state index in [1.807, 2.05) is 6.92 Å². The van der Waals surface area contributed by atoms with Crippen LogP contribution in [0.15, 0.2) is 0 Å². The molecule has 0 rings (SSSR count). The molecule has 0 amide bonds. The normalized spacial score (nSPS) is 11.3. The number of carbonyl (C=O) groups excluding carboxylic acids is 1. The van der Waals surface area contributed by atoms with E-state index in [2.05, 4.69) is 30.9 Å². The maximum atomic E-state index is 10.9. The first-order valence-electron chi connectivity index (χ1n) is 5.49. The Morgan fingerprint density at radius 3 is 2.33 bits per heavy atom. The lowest BCUT2D eigenvalue weighted by Crippen LogP contribution is -2.31. The number of ketones is 1. The van der Waals surface area contributed by atoms with Crippen molar-refractivity contribution < 1.29 is 9.53 Å². The largest absolute Gasteiger partial charge is 0.372 e. The maximum Gasteiger partial charge on any atom is 0.158 e. The summed E-state index contributed by atoms with van der Waals surface area (Å²) < 4.78 is 5.26. The van der Waals surface area contributed by atoms with Crippen LogP contribution in [0.3, 0.4) is 0 Å². The first kappa shape index (κ1) is 14.6. The Bertz CT molecular complexity index is 172. The lowest BCUT2D eigenvalue weighted by molar-refractivity contribution is -0.123. The molecule has 0 radical (unpaired) electrons. The summed E-state index contributed by atoms with van der Waals surface area (Å²) in [6.45, 7) is 5.70. The monoisotopic (exact) mass is 216 g/mol. The molecular weight excluding hydrogens is 192 g/mol. The van der Waals surface area contributed by atoms with Gasteiger partial charge in [0, 0.05) is 26.1 Å². The number of hydrogen-bond acceptors (Lipinski definition) is 4. The molecule has 0 aliphatic heterocycles. The molecule has 0 aliphatic rings. The van der Waals surface area contributed by atoms with Crippen molar-refractivity contribution in [3.63, 3.8) is 0 Å². The number of Topliss-reactive ketones (excluding diaryl/α,β-unsaturated/α-hetero) is 1. The number of likely N-dealkylation sites (N-methyl/N-ethyl adjacent to an activating group) is 2. The van der Waals surface area contributed by atoms with E-state index < -0.39 is 0 Å². The molecule has 4 heteroatoms. The van der Waals surface area contributed by atoms with Crippen LogP contribution in [0.2, 0.25) is 0 Å². The fraction of sp³-hybridized carbons (Fsp3) is 0.909. The van der Waals surface area contributed by atoms with Crippen LogP contribution >= 0.6 is 0 Å². The van der Waals surface area contributed by atoms with Gasteiger partial charge in [0.25, 0.3) is 0 Å². The third kappa shape index (κ3) is 9.85. The summed E-state index contributed by atoms with van der Waals surface area (Å²) in [7, 11) is 6.18. The summed E-state index contributed by atoms with van der Waals surface area (Å²) in [4.78, 5) is 15.3. The van der Waals surface area contributed by atoms with Gasteiger partial charge in [-0.1, -0.05) is 6.92 Å². The standard InChI is InChI=1S/C11H24N2O2/c1-5-11(14)10-15-9-8-13(4)7-6-12(2)3/h5-10H2,1-4H3. The van der Waals surface area contributed by atoms with Gasteiger partial charge >= 0.3 is 0 Å². The van der Waals surface area contributed by atoms with Crippen LogP contribution in [-0.4, -0.2) is 69.6 Å². The van der Waals surface area contributed by atoms with Crippen molar-refractivity contribution in [3.05, 3.63) is 0 Å². The van der Waals surface area contributed by atoms with Crippen LogP contribution < -0.4 is 0 Å². The van der Waals surface area contributed by atoms with Crippen molar-refractivity contribution in [3.8, 4) is 0 Å². The number of carbonyl (C=O) groups is 1. The molecule has 4 nitrogen and oxygen atoms in total. The molecule has 0 N–H and O–H groups in total. The Labute approximate surface area is 93.2 Å². The third-order valence-corrected chi connectivity index (χ3v) is 2.20. The Kier molecular flexibility index (Phi) is 8.56. The minimum atomic E-state index is 0.172. The molecule has 0 saturated carbocycles. The molecule has 0 atom stereocenters. The van der Waals surface area contributed by atoms with Gasteiger partial charge in [-0.05, 0) is 21.1 Å². The number of rotatable bonds is 9. The van der Waals surface area contributed by atoms with Crippen molar-refractivity contribution in [2.24, 2.45) is 0 Å². The van der Waals surface area contributed by atoms with Gasteiger partial charge in [0.2, 0.25) is 0 Å². The lowest BCUT2D eigenvalue weighted by atomic mass is 10.3. The average molecular weight is 216 g/mol. The Hall–Kier alpha value is -0.450. The third-order valence-electron chi connectivity index (χ3n) is 2.20. The predicted octanol–water partition coefficient (Wildman–Crippen LogP) is 0.476. The lowest BCUT2D eigenvalue weighted by Gasteiger charge is -2.18. The summed E-state index contributed by atoms with van der Waals surface area (Å²) in [5.74, 6) is 0.172. The Morgan fingerprint density at radius 2 is 1.80 bits per heavy atom. The molecular formula is C11H24N2O2. The van der Waals surface area contributed by atoms with Gasteiger partial charge in [0.15, 0.2) is 5.78 Å². The zero-order valence-corrected chi connectivity index (χ0v) is 10.5. The molecule has 0 saturated heterocycles. The fourth-order valence-corrected chi connectivity index (χ4v) is 0.991. The minimum Gasteiger partial charge on any atom is -0.372 e. The van der Waals surface area contributed by atoms with Gasteiger partial charge in [-0.2, -0.15) is 0 Å². The zero-order chi connectivity index (χ0) is 11.7. The summed E-state index contributed by atoms with van der Waals surface area (Å²) in [6.07, 6.45) is 0.566. The van der Waals surface area contributed by atoms with E-state index in [1.165, 1.54) is 0 Å². The second-order valence-electron chi connectivity index (χ2n) is 4.05. The van der Waals surface area contributed by atoms with Gasteiger partial charge in [-0.15, -0.1) is 0 Å². The molecule has 90 valence electrons. The molecule has 0 heterocycles. The number of nitrogens with zero attached hydrogens (tertiary/aromatic N) is 2. The van der Waals surface area contributed by atoms with Crippen molar-refractivity contribution >= 4 is 5.78 Å². The number of ether oxygens (including phenoxy) is 1. The summed E-state index contributed by atoms with van der Waals surface area (Å²) >= 11 is 0. The van der Waals surface area contributed by atoms with Gasteiger partial charge in [-0.25, -0.2) is 0 Å². The minimum absolute atomic E-state index is 0.172. The van der Waals surface area contributed by atoms with Gasteiger partial charge in [0.05, 0.1) is 6.61 Å². The highest BCUT2D eigenvalue weighted by atomic mass is 16.5. The molecule has 0 aromatic carbocycles. The van der Waals surface area contributed by atoms with Crippen LogP contribution in [0, 0.1) is 0 Å². The molecule has 0 bridgehead atoms. The molecule has 0 fully saturated rings. The number of hydrogen-bond donors (Lipinski definition) is 0. The van der Waals surface area contributed by atoms with Gasteiger partial charge in [0.1, 0.15) is 6.61 Å². The quantitative estimate of drug-likeness (QED) is 0.525. The van der Waals surface area contributed by atoms with E-state index >= 15 is 0 Å². The summed E-state index contributed by atoms with van der Waals surface area (Å²) in [5, 5.41) is 0. The van der Waals surface area contributed by atoms with Crippen molar-refractivity contribution in [2.45, 2.75) is 13.3 Å². The molecule has 0 aromatic rings. The molecule has 0 aromatic heterocycles. The highest BCUT2D eigenvalue weighted by molar-refractivity contribution is 5.79. The SMILES string of the molecule is CCC(=O)COCCN(C)CCN(C)C. The second kappa shape index (κ2) is 8.83. The van der Waals surface area contributed by atoms with Crippen LogP contribution in [0.1, 0.15) is 13.3 Å². The Morgan fingerprint density at radius 1 is 1.13 bits per heavy atom. The van der Waals surface area contributed by atoms with Crippen LogP contribution in [0.4, 0.5) is 0 Å². The van der Waals surface area contributed by atoms with E-state index in [9.17, 15) is 4.79 Å². The maximum absolute atomic E-state index is 10.9. The van der Waals surface area contributed by atoms with Crippen molar-refractivity contribution in [1.82, 2.24) is 9.80 Å². The molecule has 0 spiro atoms. The zero-order valence-electron chi connectivity index (χ0n) is 10.5. The molecule has 15 heavy (non-hydrogen) atoms. The van der Waals surface area contributed by atoms with Gasteiger partial charge in [-0.3, -0.25) is 4.79 Å². The van der Waals surface area contributed by atoms with Gasteiger partial charge < -0.3 is 14.5 Å². The predicted molar refractivity (Wildman–Crippen MR) is 62.2 cm³/mol. The average Bonchev–Trinajstić information content (AvgIpc) is 2.21. The highest BCUT2D eigenvalue weighted by Gasteiger charge is 2.01. The van der Waals surface area contributed by atoms with E-state index in [0.717, 1.165) is 19.6 Å². The molecule has 0 unspecified atom stereocenters. The Balaban J connectivity index is 3.31.